The first kappa shape index (κ1) is 17.3. The van der Waals surface area contributed by atoms with Gasteiger partial charge in [-0.2, -0.15) is 0 Å². The van der Waals surface area contributed by atoms with Crippen LogP contribution < -0.4 is 5.32 Å². The van der Waals surface area contributed by atoms with Crippen molar-refractivity contribution in [3.8, 4) is 16.9 Å². The van der Waals surface area contributed by atoms with Gasteiger partial charge in [-0.1, -0.05) is 29.8 Å². The molecule has 1 amide bonds. The summed E-state index contributed by atoms with van der Waals surface area (Å²) in [4.78, 5) is 16.0. The first-order valence-electron chi connectivity index (χ1n) is 9.19. The minimum Gasteiger partial charge on any atom is -0.508 e. The lowest BCUT2D eigenvalue weighted by molar-refractivity contribution is 0.194. The van der Waals surface area contributed by atoms with Crippen LogP contribution in [0.1, 0.15) is 29.7 Å². The molecule has 1 aliphatic rings. The fourth-order valence-electron chi connectivity index (χ4n) is 3.51. The SMILES string of the molecule is Cc1ccc(-c2c(CNC(=O)O)c(CC3CC3)nc3ccc(O)cc23)cc1. The van der Waals surface area contributed by atoms with E-state index in [4.69, 9.17) is 10.1 Å². The third kappa shape index (κ3) is 3.72. The van der Waals surface area contributed by atoms with Gasteiger partial charge in [-0.15, -0.1) is 0 Å². The maximum absolute atomic E-state index is 11.2. The molecule has 4 rings (SSSR count). The number of rotatable bonds is 5. The monoisotopic (exact) mass is 362 g/mol. The van der Waals surface area contributed by atoms with Crippen LogP contribution in [0.4, 0.5) is 4.79 Å². The summed E-state index contributed by atoms with van der Waals surface area (Å²) in [5, 5.41) is 22.5. The number of fused-ring (bicyclic) bond motifs is 1. The first-order chi connectivity index (χ1) is 13.0. The molecule has 0 radical (unpaired) electrons. The van der Waals surface area contributed by atoms with E-state index in [9.17, 15) is 9.90 Å². The van der Waals surface area contributed by atoms with Crippen molar-refractivity contribution in [3.63, 3.8) is 0 Å². The Hall–Kier alpha value is -3.08. The van der Waals surface area contributed by atoms with Gasteiger partial charge in [0.2, 0.25) is 0 Å². The molecule has 5 heteroatoms. The van der Waals surface area contributed by atoms with E-state index in [-0.39, 0.29) is 12.3 Å². The van der Waals surface area contributed by atoms with Crippen LogP contribution >= 0.6 is 0 Å². The van der Waals surface area contributed by atoms with Crippen LogP contribution in [0.2, 0.25) is 0 Å². The highest BCUT2D eigenvalue weighted by Crippen LogP contribution is 2.39. The van der Waals surface area contributed by atoms with Crippen molar-refractivity contribution in [2.75, 3.05) is 0 Å². The molecule has 0 bridgehead atoms. The van der Waals surface area contributed by atoms with E-state index in [2.05, 4.69) is 5.32 Å². The zero-order chi connectivity index (χ0) is 19.0. The van der Waals surface area contributed by atoms with Crippen LogP contribution in [0.25, 0.3) is 22.0 Å². The zero-order valence-electron chi connectivity index (χ0n) is 15.2. The second-order valence-electron chi connectivity index (χ2n) is 7.29. The number of pyridine rings is 1. The molecule has 1 aromatic heterocycles. The molecule has 0 spiro atoms. The molecule has 1 saturated carbocycles. The molecule has 2 aromatic carbocycles. The molecule has 0 saturated heterocycles. The molecular weight excluding hydrogens is 340 g/mol. The Morgan fingerprint density at radius 2 is 1.93 bits per heavy atom. The van der Waals surface area contributed by atoms with Gasteiger partial charge in [0.1, 0.15) is 5.75 Å². The van der Waals surface area contributed by atoms with Crippen LogP contribution in [-0.2, 0) is 13.0 Å². The first-order valence-corrected chi connectivity index (χ1v) is 9.19. The molecule has 1 aliphatic carbocycles. The molecule has 0 aliphatic heterocycles. The second-order valence-corrected chi connectivity index (χ2v) is 7.29. The summed E-state index contributed by atoms with van der Waals surface area (Å²) in [6.45, 7) is 2.23. The highest BCUT2D eigenvalue weighted by molar-refractivity contribution is 5.97. The van der Waals surface area contributed by atoms with Crippen LogP contribution in [-0.4, -0.2) is 21.3 Å². The molecule has 0 atom stereocenters. The Labute approximate surface area is 157 Å². The molecule has 138 valence electrons. The van der Waals surface area contributed by atoms with Gasteiger partial charge in [0, 0.05) is 23.2 Å². The topological polar surface area (TPSA) is 82.5 Å². The lowest BCUT2D eigenvalue weighted by Crippen LogP contribution is -2.22. The van der Waals surface area contributed by atoms with E-state index >= 15 is 0 Å². The number of hydrogen-bond donors (Lipinski definition) is 3. The summed E-state index contributed by atoms with van der Waals surface area (Å²) in [6, 6.07) is 13.3. The summed E-state index contributed by atoms with van der Waals surface area (Å²) in [7, 11) is 0. The Kier molecular flexibility index (Phi) is 4.44. The number of carbonyl (C=O) groups is 1. The maximum Gasteiger partial charge on any atom is 0.404 e. The number of nitrogens with one attached hydrogen (secondary N) is 1. The number of aromatic hydroxyl groups is 1. The summed E-state index contributed by atoms with van der Waals surface area (Å²) in [5.74, 6) is 0.797. The van der Waals surface area contributed by atoms with E-state index in [0.717, 1.165) is 45.3 Å². The molecule has 3 N–H and O–H groups in total. The van der Waals surface area contributed by atoms with E-state index < -0.39 is 6.09 Å². The third-order valence-corrected chi connectivity index (χ3v) is 5.09. The van der Waals surface area contributed by atoms with Crippen LogP contribution in [0.3, 0.4) is 0 Å². The lowest BCUT2D eigenvalue weighted by atomic mass is 9.92. The summed E-state index contributed by atoms with van der Waals surface area (Å²) < 4.78 is 0. The van der Waals surface area contributed by atoms with Crippen molar-refractivity contribution >= 4 is 17.0 Å². The van der Waals surface area contributed by atoms with Gasteiger partial charge in [-0.05, 0) is 61.4 Å². The Morgan fingerprint density at radius 3 is 2.59 bits per heavy atom. The minimum atomic E-state index is -1.06. The van der Waals surface area contributed by atoms with Gasteiger partial charge < -0.3 is 15.5 Å². The van der Waals surface area contributed by atoms with Gasteiger partial charge in [0.25, 0.3) is 0 Å². The van der Waals surface area contributed by atoms with Crippen molar-refractivity contribution in [2.45, 2.75) is 32.7 Å². The summed E-state index contributed by atoms with van der Waals surface area (Å²) in [5.41, 5.74) is 5.76. The third-order valence-electron chi connectivity index (χ3n) is 5.09. The van der Waals surface area contributed by atoms with Gasteiger partial charge in [0.15, 0.2) is 0 Å². The van der Waals surface area contributed by atoms with Crippen molar-refractivity contribution < 1.29 is 15.0 Å². The highest BCUT2D eigenvalue weighted by Gasteiger charge is 2.26. The quantitative estimate of drug-likeness (QED) is 0.618. The van der Waals surface area contributed by atoms with Crippen molar-refractivity contribution in [3.05, 3.63) is 59.3 Å². The van der Waals surface area contributed by atoms with Crippen molar-refractivity contribution in [1.29, 1.82) is 0 Å². The van der Waals surface area contributed by atoms with Crippen LogP contribution in [0, 0.1) is 12.8 Å². The summed E-state index contributed by atoms with van der Waals surface area (Å²) >= 11 is 0. The molecule has 1 heterocycles. The fraction of sp³-hybridized carbons (Fsp3) is 0.273. The van der Waals surface area contributed by atoms with Crippen LogP contribution in [0.5, 0.6) is 5.75 Å². The van der Waals surface area contributed by atoms with Gasteiger partial charge in [0.05, 0.1) is 5.52 Å². The van der Waals surface area contributed by atoms with E-state index in [1.807, 2.05) is 37.3 Å². The minimum absolute atomic E-state index is 0.171. The Bertz CT molecular complexity index is 1010. The van der Waals surface area contributed by atoms with Crippen LogP contribution in [0.15, 0.2) is 42.5 Å². The predicted octanol–water partition coefficient (Wildman–Crippen LogP) is 4.64. The molecule has 1 fully saturated rings. The van der Waals surface area contributed by atoms with E-state index in [1.165, 1.54) is 12.8 Å². The number of aryl methyl sites for hydroxylation is 1. The lowest BCUT2D eigenvalue weighted by Gasteiger charge is -2.18. The molecule has 5 nitrogen and oxygen atoms in total. The number of phenolic OH excluding ortho intramolecular Hbond substituents is 1. The average Bonchev–Trinajstić information content (AvgIpc) is 3.45. The number of amides is 1. The normalized spacial score (nSPS) is 13.7. The number of aromatic nitrogens is 1. The van der Waals surface area contributed by atoms with Crippen molar-refractivity contribution in [2.24, 2.45) is 5.92 Å². The predicted molar refractivity (Wildman–Crippen MR) is 105 cm³/mol. The van der Waals surface area contributed by atoms with E-state index in [1.54, 1.807) is 12.1 Å². The largest absolute Gasteiger partial charge is 0.508 e. The molecule has 3 aromatic rings. The molecule has 0 unspecified atom stereocenters. The highest BCUT2D eigenvalue weighted by atomic mass is 16.4. The Balaban J connectivity index is 1.97. The number of phenols is 1. The maximum atomic E-state index is 11.2. The zero-order valence-corrected chi connectivity index (χ0v) is 15.2. The standard InChI is InChI=1S/C22H22N2O3/c1-13-2-6-15(7-3-13)21-17-11-16(25)8-9-19(17)24-20(10-14-4-5-14)18(21)12-23-22(26)27/h2-3,6-9,11,14,23,25H,4-5,10,12H2,1H3,(H,26,27). The van der Waals surface area contributed by atoms with E-state index in [0.29, 0.717) is 5.92 Å². The second kappa shape index (κ2) is 6.91. The average molecular weight is 362 g/mol. The van der Waals surface area contributed by atoms with Gasteiger partial charge >= 0.3 is 6.09 Å². The van der Waals surface area contributed by atoms with Gasteiger partial charge in [-0.25, -0.2) is 4.79 Å². The number of hydrogen-bond acceptors (Lipinski definition) is 3. The number of carboxylic acid groups (broad SMARTS) is 1. The molecule has 27 heavy (non-hydrogen) atoms. The van der Waals surface area contributed by atoms with Gasteiger partial charge in [-0.3, -0.25) is 4.98 Å². The Morgan fingerprint density at radius 1 is 1.19 bits per heavy atom. The summed E-state index contributed by atoms with van der Waals surface area (Å²) in [6.07, 6.45) is 2.19. The number of nitrogens with zero attached hydrogens (tertiary/aromatic N) is 1. The smallest absolute Gasteiger partial charge is 0.404 e. The molecular formula is C22H22N2O3. The fourth-order valence-corrected chi connectivity index (χ4v) is 3.51. The number of benzene rings is 2. The van der Waals surface area contributed by atoms with Crippen molar-refractivity contribution in [1.82, 2.24) is 10.3 Å².